The second-order valence-electron chi connectivity index (χ2n) is 15.9. The lowest BCUT2D eigenvalue weighted by Crippen LogP contribution is -2.69. The lowest BCUT2D eigenvalue weighted by atomic mass is 9.30. The Morgan fingerprint density at radius 3 is 2.11 bits per heavy atom. The Hall–Kier alpha value is -1.39. The summed E-state index contributed by atoms with van der Waals surface area (Å²) in [6, 6.07) is 0. The highest BCUT2D eigenvalue weighted by Crippen LogP contribution is 2.78. The van der Waals surface area contributed by atoms with E-state index >= 15 is 0 Å². The zero-order valence-electron chi connectivity index (χ0n) is 25.3. The molecule has 38 heavy (non-hydrogen) atoms. The van der Waals surface area contributed by atoms with E-state index in [1.165, 1.54) is 20.0 Å². The maximum atomic E-state index is 13.9. The second-order valence-corrected chi connectivity index (χ2v) is 15.9. The van der Waals surface area contributed by atoms with E-state index in [4.69, 9.17) is 9.47 Å². The number of hydrogen-bond donors (Lipinski definition) is 0. The Morgan fingerprint density at radius 2 is 1.42 bits per heavy atom. The van der Waals surface area contributed by atoms with Gasteiger partial charge in [-0.2, -0.15) is 0 Å². The quantitative estimate of drug-likeness (QED) is 0.364. The van der Waals surface area contributed by atoms with E-state index in [0.717, 1.165) is 57.8 Å². The van der Waals surface area contributed by atoms with Crippen molar-refractivity contribution >= 4 is 17.7 Å². The van der Waals surface area contributed by atoms with Gasteiger partial charge in [-0.1, -0.05) is 48.5 Å². The molecule has 0 saturated heterocycles. The minimum atomic E-state index is -0.513. The fraction of sp³-hybridized carbons (Fsp3) is 0.909. The molecule has 0 amide bonds. The summed E-state index contributed by atoms with van der Waals surface area (Å²) in [5.41, 5.74) is 0.167. The average Bonchev–Trinajstić information content (AvgIpc) is 2.86. The van der Waals surface area contributed by atoms with Gasteiger partial charge in [-0.25, -0.2) is 4.79 Å². The molecule has 0 aliphatic heterocycles. The van der Waals surface area contributed by atoms with Gasteiger partial charge in [-0.15, -0.1) is 0 Å². The van der Waals surface area contributed by atoms with Crippen molar-refractivity contribution in [2.24, 2.45) is 56.2 Å². The van der Waals surface area contributed by atoms with Crippen LogP contribution >= 0.6 is 0 Å². The topological polar surface area (TPSA) is 69.7 Å². The largest absolute Gasteiger partial charge is 0.466 e. The van der Waals surface area contributed by atoms with E-state index in [1.54, 1.807) is 0 Å². The molecule has 5 fully saturated rings. The molecular weight excluding hydrogens is 476 g/mol. The molecule has 0 heterocycles. The van der Waals surface area contributed by atoms with Gasteiger partial charge in [0, 0.05) is 12.3 Å². The fourth-order valence-electron chi connectivity index (χ4n) is 11.5. The Labute approximate surface area is 230 Å². The first kappa shape index (κ1) is 28.1. The third kappa shape index (κ3) is 3.64. The van der Waals surface area contributed by atoms with Gasteiger partial charge < -0.3 is 9.47 Å². The second kappa shape index (κ2) is 8.80. The lowest BCUT2D eigenvalue weighted by molar-refractivity contribution is -0.260. The van der Waals surface area contributed by atoms with Crippen molar-refractivity contribution in [2.75, 3.05) is 13.7 Å². The Morgan fingerprint density at radius 1 is 0.789 bits per heavy atom. The third-order valence-corrected chi connectivity index (χ3v) is 14.3. The van der Waals surface area contributed by atoms with Gasteiger partial charge >= 0.3 is 11.9 Å². The van der Waals surface area contributed by atoms with Gasteiger partial charge in [-0.3, -0.25) is 9.59 Å². The maximum absolute atomic E-state index is 13.9. The predicted molar refractivity (Wildman–Crippen MR) is 147 cm³/mol. The predicted octanol–water partition coefficient (Wildman–Crippen LogP) is 7.15. The number of Topliss-reactive ketones (excluding diaryl/α,β-unsaturated/α-hetero) is 1. The summed E-state index contributed by atoms with van der Waals surface area (Å²) in [7, 11) is 1.34. The van der Waals surface area contributed by atoms with Gasteiger partial charge in [0.15, 0.2) is 6.61 Å². The normalized spacial score (nSPS) is 49.5. The molecule has 5 rings (SSSR count). The SMILES string of the molecule is COC(=O)COC(=O)[C@]12CCC(C)(C)CC1[C@]1(C)CC[C@@]3(C)C4CCC(=O)[C@H](C)[C@@]4(C)CCC3[C@@]1(C)CC2. The van der Waals surface area contributed by atoms with Gasteiger partial charge in [0.05, 0.1) is 12.5 Å². The first-order chi connectivity index (χ1) is 17.6. The number of hydrogen-bond acceptors (Lipinski definition) is 5. The van der Waals surface area contributed by atoms with E-state index in [9.17, 15) is 14.4 Å². The zero-order valence-corrected chi connectivity index (χ0v) is 25.3. The fourth-order valence-corrected chi connectivity index (χ4v) is 11.5. The summed E-state index contributed by atoms with van der Waals surface area (Å²) >= 11 is 0. The molecule has 0 radical (unpaired) electrons. The first-order valence-corrected chi connectivity index (χ1v) is 15.4. The van der Waals surface area contributed by atoms with Crippen LogP contribution in [0.3, 0.4) is 0 Å². The highest BCUT2D eigenvalue weighted by molar-refractivity contribution is 5.82. The lowest BCUT2D eigenvalue weighted by Gasteiger charge is -2.74. The van der Waals surface area contributed by atoms with Gasteiger partial charge in [-0.05, 0) is 109 Å². The monoisotopic (exact) mass is 528 g/mol. The highest BCUT2D eigenvalue weighted by atomic mass is 16.6. The number of methoxy groups -OCH3 is 1. The zero-order chi connectivity index (χ0) is 27.9. The van der Waals surface area contributed by atoms with E-state index in [1.807, 2.05) is 0 Å². The van der Waals surface area contributed by atoms with Crippen LogP contribution in [0.1, 0.15) is 119 Å². The number of carbonyl (C=O) groups excluding carboxylic acids is 3. The molecule has 214 valence electrons. The van der Waals surface area contributed by atoms with Crippen molar-refractivity contribution in [3.63, 3.8) is 0 Å². The van der Waals surface area contributed by atoms with Crippen molar-refractivity contribution in [1.29, 1.82) is 0 Å². The van der Waals surface area contributed by atoms with Crippen LogP contribution in [0.15, 0.2) is 0 Å². The van der Waals surface area contributed by atoms with Crippen LogP contribution in [0.2, 0.25) is 0 Å². The third-order valence-electron chi connectivity index (χ3n) is 14.3. The maximum Gasteiger partial charge on any atom is 0.344 e. The standard InChI is InChI=1S/C33H52O5/c1-21-22(34)9-10-23-29(21,4)12-11-24-30(23,5)14-15-32(7)25-19-28(2,3)13-17-33(25,18-16-31(24,32)6)27(36)38-20-26(35)37-8/h21,23-25H,9-20H2,1-8H3/t21-,23?,24?,25?,29+,30-,31+,32-,33-/m0/s1. The molecule has 5 heteroatoms. The molecule has 5 aliphatic rings. The van der Waals surface area contributed by atoms with Crippen molar-refractivity contribution in [1.82, 2.24) is 0 Å². The summed E-state index contributed by atoms with van der Waals surface area (Å²) in [6.07, 6.45) is 11.2. The van der Waals surface area contributed by atoms with E-state index < -0.39 is 11.4 Å². The number of rotatable bonds is 3. The Bertz CT molecular complexity index is 1020. The average molecular weight is 529 g/mol. The van der Waals surface area contributed by atoms with Crippen LogP contribution in [0.4, 0.5) is 0 Å². The van der Waals surface area contributed by atoms with Crippen molar-refractivity contribution in [3.8, 4) is 0 Å². The van der Waals surface area contributed by atoms with Gasteiger partial charge in [0.25, 0.3) is 0 Å². The van der Waals surface area contributed by atoms with Crippen LogP contribution in [-0.4, -0.2) is 31.4 Å². The number of ether oxygens (including phenoxy) is 2. The van der Waals surface area contributed by atoms with E-state index in [0.29, 0.717) is 17.6 Å². The van der Waals surface area contributed by atoms with Crippen molar-refractivity contribution in [3.05, 3.63) is 0 Å². The van der Waals surface area contributed by atoms with Crippen LogP contribution in [0, 0.1) is 56.2 Å². The van der Waals surface area contributed by atoms with Crippen LogP contribution in [0.25, 0.3) is 0 Å². The molecule has 3 unspecified atom stereocenters. The van der Waals surface area contributed by atoms with Crippen LogP contribution < -0.4 is 0 Å². The van der Waals surface area contributed by atoms with Gasteiger partial charge in [0.2, 0.25) is 0 Å². The molecule has 5 saturated carbocycles. The summed E-state index contributed by atoms with van der Waals surface area (Å²) in [5, 5.41) is 0. The molecule has 0 aromatic carbocycles. The minimum Gasteiger partial charge on any atom is -0.466 e. The summed E-state index contributed by atoms with van der Waals surface area (Å²) in [5.74, 6) is 1.39. The van der Waals surface area contributed by atoms with Crippen molar-refractivity contribution < 1.29 is 23.9 Å². The molecule has 0 aromatic heterocycles. The Kier molecular flexibility index (Phi) is 6.52. The van der Waals surface area contributed by atoms with Crippen LogP contribution in [-0.2, 0) is 23.9 Å². The molecule has 9 atom stereocenters. The molecule has 5 nitrogen and oxygen atoms in total. The van der Waals surface area contributed by atoms with Crippen molar-refractivity contribution in [2.45, 2.75) is 119 Å². The van der Waals surface area contributed by atoms with E-state index in [-0.39, 0.29) is 51.5 Å². The highest BCUT2D eigenvalue weighted by Gasteiger charge is 2.72. The molecule has 0 aromatic rings. The number of fused-ring (bicyclic) bond motifs is 7. The molecular formula is C33H52O5. The number of carbonyl (C=O) groups is 3. The first-order valence-electron chi connectivity index (χ1n) is 15.4. The summed E-state index contributed by atoms with van der Waals surface area (Å²) in [6.45, 7) is 16.7. The molecule has 0 spiro atoms. The van der Waals surface area contributed by atoms with Gasteiger partial charge in [0.1, 0.15) is 5.78 Å². The Balaban J connectivity index is 1.52. The molecule has 0 bridgehead atoms. The molecule has 0 N–H and O–H groups in total. The summed E-state index contributed by atoms with van der Waals surface area (Å²) in [4.78, 5) is 38.6. The number of ketones is 1. The summed E-state index contributed by atoms with van der Waals surface area (Å²) < 4.78 is 10.5. The van der Waals surface area contributed by atoms with E-state index in [2.05, 4.69) is 48.5 Å². The minimum absolute atomic E-state index is 0.0290. The molecule has 5 aliphatic carbocycles. The van der Waals surface area contributed by atoms with Crippen LogP contribution in [0.5, 0.6) is 0 Å². The smallest absolute Gasteiger partial charge is 0.344 e. The number of esters is 2.